The van der Waals surface area contributed by atoms with Gasteiger partial charge in [0.15, 0.2) is 11.6 Å². The average Bonchev–Trinajstić information content (AvgIpc) is 3.39. The number of rotatable bonds is 10. The molecule has 2 spiro atoms. The molecule has 2 aromatic carbocycles. The van der Waals surface area contributed by atoms with Crippen LogP contribution >= 0.6 is 0 Å². The molecule has 3 aliphatic rings. The minimum absolute atomic E-state index is 0.0187. The second-order valence-corrected chi connectivity index (χ2v) is 10.2. The minimum atomic E-state index is -0.710. The highest BCUT2D eigenvalue weighted by Gasteiger charge is 2.56. The van der Waals surface area contributed by atoms with Gasteiger partial charge < -0.3 is 28.4 Å². The summed E-state index contributed by atoms with van der Waals surface area (Å²) in [5, 5.41) is 0. The zero-order chi connectivity index (χ0) is 24.8. The summed E-state index contributed by atoms with van der Waals surface area (Å²) >= 11 is 0. The van der Waals surface area contributed by atoms with Crippen LogP contribution in [0.15, 0.2) is 66.7 Å². The number of ether oxygens (including phenoxy) is 6. The van der Waals surface area contributed by atoms with E-state index in [1.54, 1.807) is 7.11 Å². The van der Waals surface area contributed by atoms with E-state index < -0.39 is 11.6 Å². The van der Waals surface area contributed by atoms with Gasteiger partial charge in [-0.25, -0.2) is 0 Å². The van der Waals surface area contributed by atoms with Gasteiger partial charge in [0.1, 0.15) is 5.75 Å². The number of methoxy groups -OCH3 is 1. The zero-order valence-corrected chi connectivity index (χ0v) is 21.4. The summed E-state index contributed by atoms with van der Waals surface area (Å²) in [6, 6.07) is 18.2. The zero-order valence-electron chi connectivity index (χ0n) is 21.4. The molecule has 0 unspecified atom stereocenters. The topological polar surface area (TPSA) is 55.4 Å². The van der Waals surface area contributed by atoms with Gasteiger partial charge in [-0.1, -0.05) is 55.5 Å². The Kier molecular flexibility index (Phi) is 8.09. The number of hydrogen-bond acceptors (Lipinski definition) is 6. The molecule has 194 valence electrons. The number of hydrogen-bond donors (Lipinski definition) is 0. The van der Waals surface area contributed by atoms with E-state index in [9.17, 15) is 0 Å². The first kappa shape index (κ1) is 25.4. The molecule has 5 atom stereocenters. The van der Waals surface area contributed by atoms with Crippen molar-refractivity contribution >= 4 is 0 Å². The van der Waals surface area contributed by atoms with Gasteiger partial charge in [0.25, 0.3) is 0 Å². The highest BCUT2D eigenvalue weighted by atomic mass is 16.8. The first-order valence-corrected chi connectivity index (χ1v) is 13.1. The normalized spacial score (nSPS) is 31.4. The van der Waals surface area contributed by atoms with Crippen molar-refractivity contribution in [3.05, 3.63) is 77.9 Å². The van der Waals surface area contributed by atoms with Crippen LogP contribution in [0.3, 0.4) is 0 Å². The van der Waals surface area contributed by atoms with Crippen LogP contribution in [0.2, 0.25) is 0 Å². The fourth-order valence-corrected chi connectivity index (χ4v) is 5.48. The molecule has 36 heavy (non-hydrogen) atoms. The molecule has 0 aliphatic carbocycles. The Morgan fingerprint density at radius 1 is 0.917 bits per heavy atom. The maximum absolute atomic E-state index is 6.59. The lowest BCUT2D eigenvalue weighted by Gasteiger charge is -2.36. The molecule has 3 heterocycles. The van der Waals surface area contributed by atoms with E-state index in [1.165, 1.54) is 5.56 Å². The van der Waals surface area contributed by atoms with Crippen LogP contribution in [-0.2, 0) is 36.9 Å². The molecule has 0 radical (unpaired) electrons. The third kappa shape index (κ3) is 6.18. The third-order valence-electron chi connectivity index (χ3n) is 7.37. The van der Waals surface area contributed by atoms with Crippen molar-refractivity contribution in [1.82, 2.24) is 0 Å². The maximum Gasteiger partial charge on any atom is 0.191 e. The Morgan fingerprint density at radius 3 is 2.50 bits per heavy atom. The predicted octanol–water partition coefficient (Wildman–Crippen LogP) is 5.79. The largest absolute Gasteiger partial charge is 0.497 e. The molecule has 0 bridgehead atoms. The van der Waals surface area contributed by atoms with E-state index in [0.29, 0.717) is 32.3 Å². The van der Waals surface area contributed by atoms with Crippen molar-refractivity contribution in [2.24, 2.45) is 5.92 Å². The van der Waals surface area contributed by atoms with Crippen LogP contribution in [0.5, 0.6) is 5.75 Å². The van der Waals surface area contributed by atoms with Crippen LogP contribution < -0.4 is 4.74 Å². The molecular weight excluding hydrogens is 456 g/mol. The molecular formula is C30H38O6. The first-order valence-electron chi connectivity index (χ1n) is 13.1. The van der Waals surface area contributed by atoms with Crippen molar-refractivity contribution in [1.29, 1.82) is 0 Å². The summed E-state index contributed by atoms with van der Waals surface area (Å²) in [7, 11) is 1.67. The van der Waals surface area contributed by atoms with Gasteiger partial charge in [-0.05, 0) is 48.1 Å². The number of benzene rings is 2. The molecule has 0 saturated carbocycles. The molecule has 2 fully saturated rings. The van der Waals surface area contributed by atoms with Crippen LogP contribution in [0.4, 0.5) is 0 Å². The van der Waals surface area contributed by atoms with Crippen molar-refractivity contribution in [3.8, 4) is 5.75 Å². The van der Waals surface area contributed by atoms with Gasteiger partial charge in [-0.3, -0.25) is 0 Å². The SMILES string of the molecule is COc1ccc(COCC[C@H]2O[C@@]3(CC[C@]4(C=CC[C@@H](COCc5ccccc5)O4)O3)C[C@H]2C)cc1. The molecule has 5 rings (SSSR count). The molecule has 6 heteroatoms. The Balaban J connectivity index is 1.07. The van der Waals surface area contributed by atoms with Crippen molar-refractivity contribution in [2.45, 2.75) is 76.0 Å². The van der Waals surface area contributed by atoms with E-state index in [1.807, 2.05) is 42.5 Å². The fourth-order valence-electron chi connectivity index (χ4n) is 5.48. The molecule has 2 saturated heterocycles. The smallest absolute Gasteiger partial charge is 0.191 e. The highest BCUT2D eigenvalue weighted by Crippen LogP contribution is 2.50. The molecule has 0 N–H and O–H groups in total. The average molecular weight is 495 g/mol. The Morgan fingerprint density at radius 2 is 1.69 bits per heavy atom. The van der Waals surface area contributed by atoms with Crippen LogP contribution in [0.25, 0.3) is 0 Å². The molecule has 2 aromatic rings. The van der Waals surface area contributed by atoms with E-state index in [0.717, 1.165) is 43.4 Å². The summed E-state index contributed by atoms with van der Waals surface area (Å²) in [6.45, 7) is 4.62. The second-order valence-electron chi connectivity index (χ2n) is 10.2. The van der Waals surface area contributed by atoms with Crippen LogP contribution in [0, 0.1) is 5.92 Å². The van der Waals surface area contributed by atoms with Gasteiger partial charge in [0.2, 0.25) is 0 Å². The van der Waals surface area contributed by atoms with Crippen molar-refractivity contribution < 1.29 is 28.4 Å². The van der Waals surface area contributed by atoms with E-state index in [4.69, 9.17) is 28.4 Å². The van der Waals surface area contributed by atoms with Crippen LogP contribution in [-0.4, -0.2) is 44.1 Å². The van der Waals surface area contributed by atoms with E-state index in [2.05, 4.69) is 31.2 Å². The van der Waals surface area contributed by atoms with Gasteiger partial charge in [-0.15, -0.1) is 0 Å². The predicted molar refractivity (Wildman–Crippen MR) is 136 cm³/mol. The lowest BCUT2D eigenvalue weighted by Crippen LogP contribution is -2.42. The van der Waals surface area contributed by atoms with E-state index >= 15 is 0 Å². The first-order chi connectivity index (χ1) is 17.6. The summed E-state index contributed by atoms with van der Waals surface area (Å²) in [6.07, 6.45) is 8.54. The molecule has 0 amide bonds. The Bertz CT molecular complexity index is 992. The standard InChI is InChI=1S/C30H38O6/c1-23-19-30(35-28(23)14-18-32-20-25-10-12-26(31-2)13-11-25)17-16-29(36-30)15-6-9-27(34-29)22-33-21-24-7-4-3-5-8-24/h3-8,10-13,15,23,27-28H,9,14,16-22H2,1-2H3/t23-,27+,28-,29+,30-/m1/s1. The van der Waals surface area contributed by atoms with Crippen LogP contribution in [0.1, 0.15) is 50.2 Å². The lowest BCUT2D eigenvalue weighted by molar-refractivity contribution is -0.311. The third-order valence-corrected chi connectivity index (χ3v) is 7.37. The summed E-state index contributed by atoms with van der Waals surface area (Å²) < 4.78 is 36.7. The summed E-state index contributed by atoms with van der Waals surface area (Å²) in [5.41, 5.74) is 2.30. The quantitative estimate of drug-likeness (QED) is 0.308. The monoisotopic (exact) mass is 494 g/mol. The van der Waals surface area contributed by atoms with Crippen molar-refractivity contribution in [2.75, 3.05) is 20.3 Å². The van der Waals surface area contributed by atoms with Gasteiger partial charge in [-0.2, -0.15) is 0 Å². The van der Waals surface area contributed by atoms with Crippen molar-refractivity contribution in [3.63, 3.8) is 0 Å². The Hall–Kier alpha value is -2.22. The lowest BCUT2D eigenvalue weighted by atomic mass is 9.97. The van der Waals surface area contributed by atoms with Gasteiger partial charge >= 0.3 is 0 Å². The molecule has 3 aliphatic heterocycles. The fraction of sp³-hybridized carbons (Fsp3) is 0.533. The minimum Gasteiger partial charge on any atom is -0.497 e. The Labute approximate surface area is 214 Å². The molecule has 0 aromatic heterocycles. The second kappa shape index (κ2) is 11.4. The highest BCUT2D eigenvalue weighted by molar-refractivity contribution is 5.26. The van der Waals surface area contributed by atoms with Gasteiger partial charge in [0.05, 0.1) is 39.1 Å². The summed E-state index contributed by atoms with van der Waals surface area (Å²) in [5.74, 6) is -0.0212. The summed E-state index contributed by atoms with van der Waals surface area (Å²) in [4.78, 5) is 0. The molecule has 6 nitrogen and oxygen atoms in total. The van der Waals surface area contributed by atoms with E-state index in [-0.39, 0.29) is 12.2 Å². The van der Waals surface area contributed by atoms with Gasteiger partial charge in [0, 0.05) is 25.9 Å². The maximum atomic E-state index is 6.59.